The van der Waals surface area contributed by atoms with Gasteiger partial charge >= 0.3 is 0 Å². The van der Waals surface area contributed by atoms with Crippen LogP contribution < -0.4 is 0 Å². The standard InChI is InChI=1S/C20H39OPS/c1-19(23)16-20(22,17-12-8-4-2-5-9-13-17)15-11-7-3-6-10-14-18(19)21/h17-18,21,23H,2-16,22H2,1H3. The van der Waals surface area contributed by atoms with Crippen LogP contribution >= 0.6 is 21.9 Å². The third-order valence-electron chi connectivity index (χ3n) is 6.44. The SMILES string of the molecule is CC1(S)CC(P)(C2CCCCCCC2)CCCCCCCC1O. The summed E-state index contributed by atoms with van der Waals surface area (Å²) in [7, 11) is 3.28. The van der Waals surface area contributed by atoms with E-state index in [1.54, 1.807) is 0 Å². The highest BCUT2D eigenvalue weighted by molar-refractivity contribution is 7.81. The molecule has 4 atom stereocenters. The minimum Gasteiger partial charge on any atom is -0.392 e. The van der Waals surface area contributed by atoms with Crippen LogP contribution in [0.2, 0.25) is 0 Å². The van der Waals surface area contributed by atoms with Gasteiger partial charge in [-0.3, -0.25) is 0 Å². The lowest BCUT2D eigenvalue weighted by Gasteiger charge is -2.45. The van der Waals surface area contributed by atoms with Crippen LogP contribution in [0.5, 0.6) is 0 Å². The number of rotatable bonds is 1. The summed E-state index contributed by atoms with van der Waals surface area (Å²) >= 11 is 4.97. The van der Waals surface area contributed by atoms with Crippen molar-refractivity contribution in [3.63, 3.8) is 0 Å². The third kappa shape index (κ3) is 6.19. The molecule has 0 aliphatic heterocycles. The number of hydrogen-bond acceptors (Lipinski definition) is 2. The molecule has 1 nitrogen and oxygen atoms in total. The first-order chi connectivity index (χ1) is 10.9. The second-order valence-electron chi connectivity index (χ2n) is 8.63. The molecule has 0 aromatic heterocycles. The Morgan fingerprint density at radius 2 is 1.30 bits per heavy atom. The van der Waals surface area contributed by atoms with E-state index in [1.807, 2.05) is 0 Å². The molecule has 4 unspecified atom stereocenters. The maximum absolute atomic E-state index is 10.7. The number of hydrogen-bond donors (Lipinski definition) is 2. The van der Waals surface area contributed by atoms with E-state index in [9.17, 15) is 5.11 Å². The molecule has 23 heavy (non-hydrogen) atoms. The van der Waals surface area contributed by atoms with Crippen molar-refractivity contribution in [3.05, 3.63) is 0 Å². The van der Waals surface area contributed by atoms with E-state index in [1.165, 1.54) is 77.0 Å². The molecule has 0 amide bonds. The molecule has 0 heterocycles. The van der Waals surface area contributed by atoms with Crippen LogP contribution in [-0.4, -0.2) is 21.1 Å². The van der Waals surface area contributed by atoms with Crippen molar-refractivity contribution >= 4 is 21.9 Å². The highest BCUT2D eigenvalue weighted by atomic mass is 32.1. The quantitative estimate of drug-likeness (QED) is 0.426. The van der Waals surface area contributed by atoms with Gasteiger partial charge in [-0.25, -0.2) is 0 Å². The van der Waals surface area contributed by atoms with E-state index in [-0.39, 0.29) is 16.0 Å². The summed E-state index contributed by atoms with van der Waals surface area (Å²) in [5.74, 6) is 0.798. The molecule has 0 saturated heterocycles. The van der Waals surface area contributed by atoms with E-state index in [0.717, 1.165) is 25.2 Å². The molecular weight excluding hydrogens is 319 g/mol. The van der Waals surface area contributed by atoms with Gasteiger partial charge in [0.15, 0.2) is 0 Å². The molecule has 0 radical (unpaired) electrons. The summed E-state index contributed by atoms with van der Waals surface area (Å²) in [5, 5.41) is 11.0. The summed E-state index contributed by atoms with van der Waals surface area (Å²) in [6, 6.07) is 0. The van der Waals surface area contributed by atoms with Gasteiger partial charge in [-0.2, -0.15) is 12.6 Å². The second kappa shape index (κ2) is 9.44. The smallest absolute Gasteiger partial charge is 0.0682 e. The van der Waals surface area contributed by atoms with Gasteiger partial charge in [-0.05, 0) is 50.1 Å². The van der Waals surface area contributed by atoms with Crippen molar-refractivity contribution in [1.29, 1.82) is 0 Å². The Hall–Kier alpha value is 0.740. The van der Waals surface area contributed by atoms with E-state index >= 15 is 0 Å². The summed E-state index contributed by atoms with van der Waals surface area (Å²) in [5.41, 5.74) is 0. The van der Waals surface area contributed by atoms with Gasteiger partial charge in [0.2, 0.25) is 0 Å². The normalized spacial score (nSPS) is 39.9. The fourth-order valence-electron chi connectivity index (χ4n) is 4.89. The monoisotopic (exact) mass is 358 g/mol. The topological polar surface area (TPSA) is 20.2 Å². The Bertz CT molecular complexity index is 339. The van der Waals surface area contributed by atoms with Crippen LogP contribution in [0.3, 0.4) is 0 Å². The van der Waals surface area contributed by atoms with Gasteiger partial charge in [0.05, 0.1) is 6.10 Å². The van der Waals surface area contributed by atoms with Gasteiger partial charge < -0.3 is 5.11 Å². The molecule has 0 aromatic rings. The Labute approximate surface area is 152 Å². The molecule has 1 N–H and O–H groups in total. The summed E-state index contributed by atoms with van der Waals surface area (Å²) in [6.07, 6.45) is 19.3. The van der Waals surface area contributed by atoms with Crippen LogP contribution in [0.25, 0.3) is 0 Å². The molecular formula is C20H39OPS. The Morgan fingerprint density at radius 3 is 1.91 bits per heavy atom. The largest absolute Gasteiger partial charge is 0.392 e. The minimum atomic E-state index is -0.266. The number of aliphatic hydroxyl groups is 1. The van der Waals surface area contributed by atoms with Crippen LogP contribution in [0.4, 0.5) is 0 Å². The third-order valence-corrected chi connectivity index (χ3v) is 7.86. The van der Waals surface area contributed by atoms with Crippen molar-refractivity contribution in [1.82, 2.24) is 0 Å². The highest BCUT2D eigenvalue weighted by Gasteiger charge is 2.42. The zero-order chi connectivity index (χ0) is 16.8. The first-order valence-corrected chi connectivity index (χ1v) is 11.2. The highest BCUT2D eigenvalue weighted by Crippen LogP contribution is 2.48. The zero-order valence-corrected chi connectivity index (χ0v) is 17.3. The molecule has 136 valence electrons. The predicted molar refractivity (Wildman–Crippen MR) is 109 cm³/mol. The van der Waals surface area contributed by atoms with Crippen molar-refractivity contribution in [2.24, 2.45) is 5.92 Å². The van der Waals surface area contributed by atoms with Crippen LogP contribution in [0, 0.1) is 5.92 Å². The van der Waals surface area contributed by atoms with E-state index in [4.69, 9.17) is 12.6 Å². The summed E-state index contributed by atoms with van der Waals surface area (Å²) in [6.45, 7) is 2.18. The molecule has 2 fully saturated rings. The van der Waals surface area contributed by atoms with Crippen molar-refractivity contribution in [2.45, 2.75) is 119 Å². The first kappa shape index (κ1) is 20.1. The lowest BCUT2D eigenvalue weighted by molar-refractivity contribution is 0.105. The number of thiol groups is 1. The molecule has 2 saturated carbocycles. The molecule has 2 aliphatic rings. The fourth-order valence-corrected chi connectivity index (χ4v) is 6.44. The second-order valence-corrected chi connectivity index (χ2v) is 10.8. The zero-order valence-electron chi connectivity index (χ0n) is 15.2. The molecule has 2 rings (SSSR count). The van der Waals surface area contributed by atoms with Crippen molar-refractivity contribution in [3.8, 4) is 0 Å². The maximum Gasteiger partial charge on any atom is 0.0682 e. The Morgan fingerprint density at radius 1 is 0.826 bits per heavy atom. The van der Waals surface area contributed by atoms with Gasteiger partial charge in [0.25, 0.3) is 0 Å². The van der Waals surface area contributed by atoms with E-state index in [2.05, 4.69) is 16.2 Å². The van der Waals surface area contributed by atoms with Gasteiger partial charge in [0, 0.05) is 4.75 Å². The number of aliphatic hydroxyl groups excluding tert-OH is 1. The molecule has 0 bridgehead atoms. The van der Waals surface area contributed by atoms with Crippen LogP contribution in [-0.2, 0) is 0 Å². The average Bonchev–Trinajstić information content (AvgIpc) is 2.46. The van der Waals surface area contributed by atoms with Crippen molar-refractivity contribution in [2.75, 3.05) is 0 Å². The van der Waals surface area contributed by atoms with Crippen LogP contribution in [0.1, 0.15) is 103 Å². The van der Waals surface area contributed by atoms with Gasteiger partial charge in [0.1, 0.15) is 0 Å². The Balaban J connectivity index is 2.14. The summed E-state index contributed by atoms with van der Waals surface area (Å²) < 4.78 is -0.255. The van der Waals surface area contributed by atoms with Crippen LogP contribution in [0.15, 0.2) is 0 Å². The molecule has 0 aromatic carbocycles. The molecule has 2 aliphatic carbocycles. The summed E-state index contributed by atoms with van der Waals surface area (Å²) in [4.78, 5) is 0. The maximum atomic E-state index is 10.7. The van der Waals surface area contributed by atoms with E-state index < -0.39 is 0 Å². The first-order valence-electron chi connectivity index (χ1n) is 10.1. The minimum absolute atomic E-state index is 0.255. The molecule has 3 heteroatoms. The fraction of sp³-hybridized carbons (Fsp3) is 1.00. The van der Waals surface area contributed by atoms with Gasteiger partial charge in [-0.15, -0.1) is 9.24 Å². The lowest BCUT2D eigenvalue weighted by Crippen LogP contribution is -2.44. The van der Waals surface area contributed by atoms with Gasteiger partial charge in [-0.1, -0.05) is 64.2 Å². The molecule has 0 spiro atoms. The van der Waals surface area contributed by atoms with E-state index in [0.29, 0.717) is 0 Å². The predicted octanol–water partition coefficient (Wildman–Crippen LogP) is 6.14. The average molecular weight is 359 g/mol. The van der Waals surface area contributed by atoms with Crippen molar-refractivity contribution < 1.29 is 5.11 Å². The Kier molecular flexibility index (Phi) is 8.23. The lowest BCUT2D eigenvalue weighted by atomic mass is 9.73.